The maximum Gasteiger partial charge on any atom is 0.236 e. The standard InChI is InChI=1S/C12H25N3O/c1-10(2)11(3)14(4)12(16)9-15-7-5-13-6-8-15/h10-11,13H,5-9H2,1-4H3. The Hall–Kier alpha value is -0.610. The zero-order chi connectivity index (χ0) is 12.1. The molecule has 0 aromatic carbocycles. The maximum atomic E-state index is 12.0. The second kappa shape index (κ2) is 6.21. The molecular weight excluding hydrogens is 202 g/mol. The van der Waals surface area contributed by atoms with E-state index in [0.717, 1.165) is 26.2 Å². The summed E-state index contributed by atoms with van der Waals surface area (Å²) in [5.74, 6) is 0.750. The van der Waals surface area contributed by atoms with Gasteiger partial charge in [0.15, 0.2) is 0 Å². The molecule has 0 saturated carbocycles. The van der Waals surface area contributed by atoms with E-state index >= 15 is 0 Å². The Kier molecular flexibility index (Phi) is 5.22. The number of amides is 1. The fourth-order valence-electron chi connectivity index (χ4n) is 1.85. The van der Waals surface area contributed by atoms with Gasteiger partial charge in [0.05, 0.1) is 6.54 Å². The van der Waals surface area contributed by atoms with Crippen LogP contribution in [0.1, 0.15) is 20.8 Å². The van der Waals surface area contributed by atoms with Gasteiger partial charge < -0.3 is 10.2 Å². The van der Waals surface area contributed by atoms with Gasteiger partial charge in [0.25, 0.3) is 0 Å². The molecule has 0 radical (unpaired) electrons. The van der Waals surface area contributed by atoms with E-state index in [0.29, 0.717) is 18.5 Å². The second-order valence-electron chi connectivity index (χ2n) is 5.02. The van der Waals surface area contributed by atoms with E-state index in [1.807, 2.05) is 11.9 Å². The van der Waals surface area contributed by atoms with E-state index in [4.69, 9.17) is 0 Å². The molecule has 0 bridgehead atoms. The van der Waals surface area contributed by atoms with Crippen molar-refractivity contribution >= 4 is 5.91 Å². The van der Waals surface area contributed by atoms with E-state index < -0.39 is 0 Å². The molecule has 1 aliphatic rings. The van der Waals surface area contributed by atoms with Crippen molar-refractivity contribution in [2.45, 2.75) is 26.8 Å². The third-order valence-corrected chi connectivity index (χ3v) is 3.54. The summed E-state index contributed by atoms with van der Waals surface area (Å²) in [6, 6.07) is 0.315. The zero-order valence-corrected chi connectivity index (χ0v) is 11.0. The van der Waals surface area contributed by atoms with E-state index in [9.17, 15) is 4.79 Å². The van der Waals surface area contributed by atoms with Gasteiger partial charge in [-0.3, -0.25) is 9.69 Å². The quantitative estimate of drug-likeness (QED) is 0.755. The van der Waals surface area contributed by atoms with E-state index in [-0.39, 0.29) is 5.91 Å². The van der Waals surface area contributed by atoms with Gasteiger partial charge in [0.2, 0.25) is 5.91 Å². The van der Waals surface area contributed by atoms with Gasteiger partial charge >= 0.3 is 0 Å². The summed E-state index contributed by atoms with van der Waals surface area (Å²) in [7, 11) is 1.91. The van der Waals surface area contributed by atoms with Gasteiger partial charge in [0.1, 0.15) is 0 Å². The van der Waals surface area contributed by atoms with Crippen LogP contribution >= 0.6 is 0 Å². The second-order valence-corrected chi connectivity index (χ2v) is 5.02. The van der Waals surface area contributed by atoms with Crippen LogP contribution in [0.5, 0.6) is 0 Å². The molecule has 16 heavy (non-hydrogen) atoms. The molecule has 1 aliphatic heterocycles. The highest BCUT2D eigenvalue weighted by molar-refractivity contribution is 5.78. The highest BCUT2D eigenvalue weighted by atomic mass is 16.2. The summed E-state index contributed by atoms with van der Waals surface area (Å²) >= 11 is 0. The summed E-state index contributed by atoms with van der Waals surface area (Å²) in [4.78, 5) is 16.1. The highest BCUT2D eigenvalue weighted by Gasteiger charge is 2.21. The molecule has 0 aliphatic carbocycles. The third kappa shape index (κ3) is 3.76. The highest BCUT2D eigenvalue weighted by Crippen LogP contribution is 2.08. The van der Waals surface area contributed by atoms with Crippen molar-refractivity contribution in [3.63, 3.8) is 0 Å². The Morgan fingerprint density at radius 1 is 1.31 bits per heavy atom. The predicted octanol–water partition coefficient (Wildman–Crippen LogP) is 0.395. The first-order valence-corrected chi connectivity index (χ1v) is 6.21. The molecule has 1 unspecified atom stereocenters. The van der Waals surface area contributed by atoms with Crippen LogP contribution in [0.4, 0.5) is 0 Å². The topological polar surface area (TPSA) is 35.6 Å². The van der Waals surface area contributed by atoms with Crippen molar-refractivity contribution in [3.8, 4) is 0 Å². The minimum absolute atomic E-state index is 0.239. The largest absolute Gasteiger partial charge is 0.342 e. The Morgan fingerprint density at radius 3 is 2.38 bits per heavy atom. The predicted molar refractivity (Wildman–Crippen MR) is 66.4 cm³/mol. The average Bonchev–Trinajstić information content (AvgIpc) is 2.28. The number of hydrogen-bond donors (Lipinski definition) is 1. The molecule has 4 nitrogen and oxygen atoms in total. The van der Waals surface area contributed by atoms with Gasteiger partial charge in [0, 0.05) is 39.3 Å². The van der Waals surface area contributed by atoms with Crippen LogP contribution < -0.4 is 5.32 Å². The zero-order valence-electron chi connectivity index (χ0n) is 11.0. The summed E-state index contributed by atoms with van der Waals surface area (Å²) in [5.41, 5.74) is 0. The molecule has 1 atom stereocenters. The Balaban J connectivity index is 2.38. The van der Waals surface area contributed by atoms with E-state index in [1.54, 1.807) is 0 Å². The molecule has 4 heteroatoms. The SMILES string of the molecule is CC(C)C(C)N(C)C(=O)CN1CCNCC1. The number of likely N-dealkylation sites (N-methyl/N-ethyl adjacent to an activating group) is 1. The van der Waals surface area contributed by atoms with Gasteiger partial charge in [-0.2, -0.15) is 0 Å². The van der Waals surface area contributed by atoms with Crippen LogP contribution in [0, 0.1) is 5.92 Å². The Bertz CT molecular complexity index is 224. The molecule has 1 saturated heterocycles. The van der Waals surface area contributed by atoms with Crippen LogP contribution in [0.2, 0.25) is 0 Å². The number of rotatable bonds is 4. The molecule has 0 aromatic rings. The third-order valence-electron chi connectivity index (χ3n) is 3.54. The van der Waals surface area contributed by atoms with Crippen LogP contribution in [-0.4, -0.2) is 61.5 Å². The summed E-state index contributed by atoms with van der Waals surface area (Å²) in [5, 5.41) is 3.29. The summed E-state index contributed by atoms with van der Waals surface area (Å²) in [6.45, 7) is 10.9. The number of nitrogens with zero attached hydrogens (tertiary/aromatic N) is 2. The number of hydrogen-bond acceptors (Lipinski definition) is 3. The van der Waals surface area contributed by atoms with Gasteiger partial charge in [-0.25, -0.2) is 0 Å². The fraction of sp³-hybridized carbons (Fsp3) is 0.917. The number of nitrogens with one attached hydrogen (secondary N) is 1. The molecular formula is C12H25N3O. The minimum Gasteiger partial charge on any atom is -0.342 e. The molecule has 1 heterocycles. The van der Waals surface area contributed by atoms with Crippen molar-refractivity contribution in [1.82, 2.24) is 15.1 Å². The van der Waals surface area contributed by atoms with E-state index in [1.165, 1.54) is 0 Å². The normalized spacial score (nSPS) is 19.8. The number of carbonyl (C=O) groups excluding carboxylic acids is 1. The van der Waals surface area contributed by atoms with Crippen LogP contribution in [-0.2, 0) is 4.79 Å². The van der Waals surface area contributed by atoms with Gasteiger partial charge in [-0.1, -0.05) is 13.8 Å². The van der Waals surface area contributed by atoms with Gasteiger partial charge in [-0.05, 0) is 12.8 Å². The summed E-state index contributed by atoms with van der Waals surface area (Å²) in [6.07, 6.45) is 0. The van der Waals surface area contributed by atoms with E-state index in [2.05, 4.69) is 31.0 Å². The minimum atomic E-state index is 0.239. The first-order valence-electron chi connectivity index (χ1n) is 6.21. The van der Waals surface area contributed by atoms with Crippen molar-refractivity contribution in [1.29, 1.82) is 0 Å². The van der Waals surface area contributed by atoms with Crippen LogP contribution in [0.25, 0.3) is 0 Å². The van der Waals surface area contributed by atoms with Crippen LogP contribution in [0.3, 0.4) is 0 Å². The lowest BCUT2D eigenvalue weighted by molar-refractivity contribution is -0.133. The first-order chi connectivity index (χ1) is 7.52. The lowest BCUT2D eigenvalue weighted by atomic mass is 10.1. The molecule has 0 spiro atoms. The number of piperazine rings is 1. The van der Waals surface area contributed by atoms with Crippen molar-refractivity contribution < 1.29 is 4.79 Å². The molecule has 1 rings (SSSR count). The average molecular weight is 227 g/mol. The fourth-order valence-corrected chi connectivity index (χ4v) is 1.85. The van der Waals surface area contributed by atoms with Crippen molar-refractivity contribution in [2.24, 2.45) is 5.92 Å². The number of carbonyl (C=O) groups is 1. The molecule has 1 fully saturated rings. The Labute approximate surface area is 99.0 Å². The van der Waals surface area contributed by atoms with Crippen molar-refractivity contribution in [3.05, 3.63) is 0 Å². The molecule has 1 N–H and O–H groups in total. The monoisotopic (exact) mass is 227 g/mol. The van der Waals surface area contributed by atoms with Crippen molar-refractivity contribution in [2.75, 3.05) is 39.8 Å². The lowest BCUT2D eigenvalue weighted by Gasteiger charge is -2.32. The molecule has 94 valence electrons. The smallest absolute Gasteiger partial charge is 0.236 e. The van der Waals surface area contributed by atoms with Crippen LogP contribution in [0.15, 0.2) is 0 Å². The molecule has 0 aromatic heterocycles. The van der Waals surface area contributed by atoms with Gasteiger partial charge in [-0.15, -0.1) is 0 Å². The first kappa shape index (κ1) is 13.5. The molecule has 1 amide bonds. The lowest BCUT2D eigenvalue weighted by Crippen LogP contribution is -2.49. The maximum absolute atomic E-state index is 12.0. The summed E-state index contributed by atoms with van der Waals surface area (Å²) < 4.78 is 0. The Morgan fingerprint density at radius 2 is 1.88 bits per heavy atom.